The van der Waals surface area contributed by atoms with Crippen molar-refractivity contribution in [2.24, 2.45) is 22.5 Å². The summed E-state index contributed by atoms with van der Waals surface area (Å²) in [7, 11) is 0. The molecule has 43 heavy (non-hydrogen) atoms. The summed E-state index contributed by atoms with van der Waals surface area (Å²) in [6.45, 7) is 14.9. The first-order valence-electron chi connectivity index (χ1n) is 14.9. The van der Waals surface area contributed by atoms with Gasteiger partial charge in [0.25, 0.3) is 0 Å². The highest BCUT2D eigenvalue weighted by atomic mass is 16.7. The molecule has 11 nitrogen and oxygen atoms in total. The largest absolute Gasteiger partial charge is 0.513 e. The van der Waals surface area contributed by atoms with E-state index in [4.69, 9.17) is 34.2 Å². The van der Waals surface area contributed by atoms with Crippen LogP contribution in [-0.4, -0.2) is 55.7 Å². The molecule has 242 valence electrons. The van der Waals surface area contributed by atoms with E-state index in [1.54, 1.807) is 19.9 Å². The zero-order chi connectivity index (χ0) is 32.4. The molecule has 1 aromatic rings. The molecular weight excluding hydrogens is 558 g/mol. The molecule has 0 bridgehead atoms. The fourth-order valence-electron chi connectivity index (χ4n) is 4.05. The first kappa shape index (κ1) is 35.9. The Hall–Kier alpha value is -3.34. The molecule has 0 spiro atoms. The van der Waals surface area contributed by atoms with Gasteiger partial charge in [-0.2, -0.15) is 0 Å². The van der Waals surface area contributed by atoms with Gasteiger partial charge >= 0.3 is 24.2 Å². The molecule has 0 amide bonds. The van der Waals surface area contributed by atoms with Crippen LogP contribution in [-0.2, 0) is 35.0 Å². The van der Waals surface area contributed by atoms with Crippen LogP contribution in [0.25, 0.3) is 0 Å². The lowest BCUT2D eigenvalue weighted by Gasteiger charge is -2.26. The summed E-state index contributed by atoms with van der Waals surface area (Å²) < 4.78 is 32.0. The smallest absolute Gasteiger partial charge is 0.459 e. The molecule has 0 unspecified atom stereocenters. The van der Waals surface area contributed by atoms with Gasteiger partial charge in [-0.25, -0.2) is 9.59 Å². The number of hydrogen-bond acceptors (Lipinski definition) is 11. The van der Waals surface area contributed by atoms with Crippen molar-refractivity contribution in [3.63, 3.8) is 0 Å². The van der Waals surface area contributed by atoms with E-state index in [9.17, 15) is 19.2 Å². The second-order valence-corrected chi connectivity index (χ2v) is 13.6. The van der Waals surface area contributed by atoms with Gasteiger partial charge in [-0.1, -0.05) is 66.9 Å². The normalized spacial score (nSPS) is 16.3. The second-order valence-electron chi connectivity index (χ2n) is 13.6. The Morgan fingerprint density at radius 3 is 1.84 bits per heavy atom. The Morgan fingerprint density at radius 2 is 1.30 bits per heavy atom. The van der Waals surface area contributed by atoms with Crippen molar-refractivity contribution in [2.75, 3.05) is 13.2 Å². The SMILES string of the molecule is C[C@H](OC(=O)C1CCCCC1)[C@H](C)OC(=O)[C@@H](N)Cc1ccc(OC(=O)OCC(C)(C)C)c(OC(=O)OCC(C)(C)C)c1. The van der Waals surface area contributed by atoms with Crippen LogP contribution in [0, 0.1) is 16.7 Å². The van der Waals surface area contributed by atoms with Gasteiger partial charge in [-0.3, -0.25) is 9.59 Å². The van der Waals surface area contributed by atoms with Crippen LogP contribution < -0.4 is 15.2 Å². The molecule has 1 aromatic carbocycles. The third-order valence-electron chi connectivity index (χ3n) is 6.60. The molecule has 2 N–H and O–H groups in total. The third kappa shape index (κ3) is 13.7. The number of ether oxygens (including phenoxy) is 6. The van der Waals surface area contributed by atoms with Crippen LogP contribution in [0.2, 0.25) is 0 Å². The lowest BCUT2D eigenvalue weighted by molar-refractivity contribution is -0.169. The van der Waals surface area contributed by atoms with Crippen LogP contribution >= 0.6 is 0 Å². The van der Waals surface area contributed by atoms with Crippen molar-refractivity contribution in [3.8, 4) is 11.5 Å². The van der Waals surface area contributed by atoms with Gasteiger partial charge in [-0.15, -0.1) is 0 Å². The maximum atomic E-state index is 12.8. The van der Waals surface area contributed by atoms with E-state index in [1.807, 2.05) is 41.5 Å². The zero-order valence-electron chi connectivity index (χ0n) is 26.9. The molecule has 1 aliphatic carbocycles. The summed E-state index contributed by atoms with van der Waals surface area (Å²) in [6, 6.07) is 3.33. The van der Waals surface area contributed by atoms with Crippen molar-refractivity contribution >= 4 is 24.2 Å². The highest BCUT2D eigenvalue weighted by Crippen LogP contribution is 2.31. The minimum Gasteiger partial charge on any atom is -0.459 e. The molecule has 1 fully saturated rings. The summed E-state index contributed by atoms with van der Waals surface area (Å²) >= 11 is 0. The van der Waals surface area contributed by atoms with E-state index in [-0.39, 0.29) is 53.9 Å². The van der Waals surface area contributed by atoms with Gasteiger partial charge in [0, 0.05) is 0 Å². The predicted molar refractivity (Wildman–Crippen MR) is 159 cm³/mol. The number of carbonyl (C=O) groups excluding carboxylic acids is 4. The molecule has 1 saturated carbocycles. The fourth-order valence-corrected chi connectivity index (χ4v) is 4.05. The van der Waals surface area contributed by atoms with Crippen molar-refractivity contribution in [1.82, 2.24) is 0 Å². The van der Waals surface area contributed by atoms with E-state index < -0.39 is 36.5 Å². The van der Waals surface area contributed by atoms with Gasteiger partial charge in [0.1, 0.15) is 18.2 Å². The number of carbonyl (C=O) groups is 4. The number of nitrogens with two attached hydrogens (primary N) is 1. The van der Waals surface area contributed by atoms with Crippen LogP contribution in [0.15, 0.2) is 18.2 Å². The molecule has 0 saturated heterocycles. The van der Waals surface area contributed by atoms with E-state index in [2.05, 4.69) is 0 Å². The minimum absolute atomic E-state index is 0.0178. The number of hydrogen-bond donors (Lipinski definition) is 1. The quantitative estimate of drug-likeness (QED) is 0.176. The standard InChI is InChI=1S/C32H49NO10/c1-20(40-27(34)23-12-10-9-11-13-23)21(2)41-28(35)24(33)16-22-14-15-25(42-29(36)38-18-31(3,4)5)26(17-22)43-30(37)39-19-32(6,7)8/h14-15,17,20-21,23-24H,9-13,16,18-19,33H2,1-8H3/t20-,21-,24-/m0/s1. The topological polar surface area (TPSA) is 150 Å². The average Bonchev–Trinajstić information content (AvgIpc) is 2.91. The number of esters is 2. The Bertz CT molecular complexity index is 1100. The van der Waals surface area contributed by atoms with Gasteiger partial charge in [0.2, 0.25) is 0 Å². The van der Waals surface area contributed by atoms with Crippen LogP contribution in [0.4, 0.5) is 9.59 Å². The maximum absolute atomic E-state index is 12.8. The summed E-state index contributed by atoms with van der Waals surface area (Å²) in [6.07, 6.45) is 1.47. The summed E-state index contributed by atoms with van der Waals surface area (Å²) in [4.78, 5) is 50.0. The predicted octanol–water partition coefficient (Wildman–Crippen LogP) is 6.12. The average molecular weight is 608 g/mol. The second kappa shape index (κ2) is 15.9. The monoisotopic (exact) mass is 607 g/mol. The minimum atomic E-state index is -1.08. The van der Waals surface area contributed by atoms with Crippen molar-refractivity contribution < 1.29 is 47.6 Å². The molecule has 3 atom stereocenters. The maximum Gasteiger partial charge on any atom is 0.513 e. The molecular formula is C32H49NO10. The lowest BCUT2D eigenvalue weighted by Crippen LogP contribution is -2.40. The molecule has 0 radical (unpaired) electrons. The first-order chi connectivity index (χ1) is 19.9. The summed E-state index contributed by atoms with van der Waals surface area (Å²) in [5, 5.41) is 0. The van der Waals surface area contributed by atoms with Crippen molar-refractivity contribution in [1.29, 1.82) is 0 Å². The molecule has 11 heteroatoms. The Morgan fingerprint density at radius 1 is 0.791 bits per heavy atom. The van der Waals surface area contributed by atoms with Crippen LogP contribution in [0.1, 0.15) is 93.1 Å². The van der Waals surface area contributed by atoms with Crippen molar-refractivity contribution in [3.05, 3.63) is 23.8 Å². The third-order valence-corrected chi connectivity index (χ3v) is 6.60. The number of benzene rings is 1. The van der Waals surface area contributed by atoms with E-state index >= 15 is 0 Å². The van der Waals surface area contributed by atoms with Crippen LogP contribution in [0.3, 0.4) is 0 Å². The van der Waals surface area contributed by atoms with Gasteiger partial charge in [-0.05, 0) is 61.6 Å². The molecule has 0 aromatic heterocycles. The Balaban J connectivity index is 2.06. The summed E-state index contributed by atoms with van der Waals surface area (Å²) in [5.74, 6) is -1.25. The van der Waals surface area contributed by atoms with Gasteiger partial charge < -0.3 is 34.2 Å². The lowest BCUT2D eigenvalue weighted by atomic mass is 9.89. The number of rotatable bonds is 11. The van der Waals surface area contributed by atoms with E-state index in [1.165, 1.54) is 12.1 Å². The highest BCUT2D eigenvalue weighted by molar-refractivity contribution is 5.76. The van der Waals surface area contributed by atoms with Crippen molar-refractivity contribution in [2.45, 2.75) is 112 Å². The molecule has 0 aliphatic heterocycles. The molecule has 0 heterocycles. The van der Waals surface area contributed by atoms with Gasteiger partial charge in [0.05, 0.1) is 19.1 Å². The highest BCUT2D eigenvalue weighted by Gasteiger charge is 2.29. The summed E-state index contributed by atoms with van der Waals surface area (Å²) in [5.41, 5.74) is 6.06. The van der Waals surface area contributed by atoms with E-state index in [0.29, 0.717) is 5.56 Å². The fraction of sp³-hybridized carbons (Fsp3) is 0.688. The first-order valence-corrected chi connectivity index (χ1v) is 14.9. The Labute approximate surface area is 255 Å². The molecule has 1 aliphatic rings. The zero-order valence-corrected chi connectivity index (χ0v) is 26.9. The Kier molecular flexibility index (Phi) is 13.3. The van der Waals surface area contributed by atoms with E-state index in [0.717, 1.165) is 32.1 Å². The van der Waals surface area contributed by atoms with Crippen LogP contribution in [0.5, 0.6) is 11.5 Å². The molecule has 2 rings (SSSR count). The van der Waals surface area contributed by atoms with Gasteiger partial charge in [0.15, 0.2) is 11.5 Å².